The highest BCUT2D eigenvalue weighted by molar-refractivity contribution is 6.32. The molecule has 10 aromatic rings. The van der Waals surface area contributed by atoms with Crippen LogP contribution in [0.25, 0.3) is 44.6 Å². The van der Waals surface area contributed by atoms with Crippen molar-refractivity contribution in [1.82, 2.24) is 0 Å². The predicted molar refractivity (Wildman–Crippen MR) is 307 cm³/mol. The SMILES string of the molecule is OC1(c2ccc(CCc3ccc(C4(O)C(c5ccccc5)=C(c5ccccc5)C(c5ccccc5)=C4c4ccccc4)cc3)cc2)C(c2ccccc2)=C(c2ccccc2)C(c2ccccc2)=C1c1ccccc1. The molecule has 0 radical (unpaired) electrons. The van der Waals surface area contributed by atoms with Crippen LogP contribution in [0.15, 0.2) is 291 Å². The molecule has 12 rings (SSSR count). The molecular weight excluding hydrogens is 897 g/mol. The number of allylic oxidation sites excluding steroid dienone is 4. The molecule has 0 spiro atoms. The van der Waals surface area contributed by atoms with Crippen LogP contribution in [0.1, 0.15) is 66.8 Å². The second-order valence-electron chi connectivity index (χ2n) is 19.2. The topological polar surface area (TPSA) is 40.5 Å². The lowest BCUT2D eigenvalue weighted by atomic mass is 9.76. The molecule has 0 atom stereocenters. The smallest absolute Gasteiger partial charge is 0.142 e. The average Bonchev–Trinajstić information content (AvgIpc) is 3.93. The van der Waals surface area contributed by atoms with Crippen molar-refractivity contribution in [3.63, 3.8) is 0 Å². The van der Waals surface area contributed by atoms with E-state index in [2.05, 4.69) is 243 Å². The number of rotatable bonds is 13. The first kappa shape index (κ1) is 46.2. The van der Waals surface area contributed by atoms with Crippen molar-refractivity contribution in [2.75, 3.05) is 0 Å². The van der Waals surface area contributed by atoms with Crippen LogP contribution in [0, 0.1) is 0 Å². The molecule has 2 aliphatic rings. The minimum Gasteiger partial charge on any atom is -0.376 e. The standard InChI is InChI=1S/C72H54O2/c73-71(67(57-33-17-5-18-34-57)63(53-25-9-1-10-26-53)64(54-27-11-2-12-28-54)68(71)58-35-19-6-20-36-58)61-47-43-51(44-48-61)41-42-52-45-49-62(50-46-52)72(74)69(59-37-21-7-22-38-59)65(55-29-13-3-14-30-55)66(56-31-15-4-16-32-56)70(72)60-39-23-8-24-40-60/h1-40,43-50,73-74H,41-42H2. The summed E-state index contributed by atoms with van der Waals surface area (Å²) in [5.74, 6) is 0. The van der Waals surface area contributed by atoms with Crippen molar-refractivity contribution in [3.05, 3.63) is 358 Å². The maximum absolute atomic E-state index is 14.0. The summed E-state index contributed by atoms with van der Waals surface area (Å²) in [5, 5.41) is 28.0. The van der Waals surface area contributed by atoms with Gasteiger partial charge in [0.25, 0.3) is 0 Å². The van der Waals surface area contributed by atoms with Crippen LogP contribution in [-0.4, -0.2) is 10.2 Å². The fraction of sp³-hybridized carbons (Fsp3) is 0.0556. The van der Waals surface area contributed by atoms with Gasteiger partial charge in [0, 0.05) is 22.3 Å². The van der Waals surface area contributed by atoms with Crippen molar-refractivity contribution in [2.45, 2.75) is 24.0 Å². The van der Waals surface area contributed by atoms with Gasteiger partial charge in [0.1, 0.15) is 11.2 Å². The fourth-order valence-electron chi connectivity index (χ4n) is 11.6. The van der Waals surface area contributed by atoms with Crippen molar-refractivity contribution >= 4 is 44.6 Å². The lowest BCUT2D eigenvalue weighted by Gasteiger charge is -2.32. The Morgan fingerprint density at radius 2 is 0.378 bits per heavy atom. The molecule has 0 unspecified atom stereocenters. The molecule has 0 saturated heterocycles. The summed E-state index contributed by atoms with van der Waals surface area (Å²) in [5.41, 5.74) is 16.5. The molecule has 0 bridgehead atoms. The Labute approximate surface area is 434 Å². The first-order valence-corrected chi connectivity index (χ1v) is 25.6. The van der Waals surface area contributed by atoms with E-state index in [4.69, 9.17) is 0 Å². The van der Waals surface area contributed by atoms with Crippen molar-refractivity contribution in [2.24, 2.45) is 0 Å². The summed E-state index contributed by atoms with van der Waals surface area (Å²) in [4.78, 5) is 0. The molecule has 0 heterocycles. The van der Waals surface area contributed by atoms with Gasteiger partial charge in [0.05, 0.1) is 0 Å². The van der Waals surface area contributed by atoms with Gasteiger partial charge in [-0.2, -0.15) is 0 Å². The number of benzene rings is 10. The number of hydrogen-bond acceptors (Lipinski definition) is 2. The zero-order valence-corrected chi connectivity index (χ0v) is 41.0. The second kappa shape index (κ2) is 19.9. The highest BCUT2D eigenvalue weighted by Crippen LogP contribution is 2.62. The van der Waals surface area contributed by atoms with E-state index in [0.29, 0.717) is 0 Å². The van der Waals surface area contributed by atoms with Gasteiger partial charge in [-0.25, -0.2) is 0 Å². The molecule has 2 nitrogen and oxygen atoms in total. The van der Waals surface area contributed by atoms with Crippen LogP contribution in [0.2, 0.25) is 0 Å². The monoisotopic (exact) mass is 950 g/mol. The maximum Gasteiger partial charge on any atom is 0.142 e. The summed E-state index contributed by atoms with van der Waals surface area (Å²) >= 11 is 0. The van der Waals surface area contributed by atoms with Crippen LogP contribution in [0.3, 0.4) is 0 Å². The quantitative estimate of drug-likeness (QED) is 0.121. The van der Waals surface area contributed by atoms with Crippen molar-refractivity contribution in [3.8, 4) is 0 Å². The molecule has 2 aliphatic carbocycles. The van der Waals surface area contributed by atoms with Crippen LogP contribution in [-0.2, 0) is 24.0 Å². The Morgan fingerprint density at radius 3 is 0.568 bits per heavy atom. The van der Waals surface area contributed by atoms with E-state index in [0.717, 1.165) is 113 Å². The zero-order chi connectivity index (χ0) is 49.9. The van der Waals surface area contributed by atoms with E-state index in [1.54, 1.807) is 0 Å². The Kier molecular flexibility index (Phi) is 12.4. The Bertz CT molecular complexity index is 3240. The third-order valence-electron chi connectivity index (χ3n) is 14.9. The zero-order valence-electron chi connectivity index (χ0n) is 41.0. The number of aliphatic hydroxyl groups is 2. The highest BCUT2D eigenvalue weighted by atomic mass is 16.3. The van der Waals surface area contributed by atoms with E-state index in [9.17, 15) is 10.2 Å². The second-order valence-corrected chi connectivity index (χ2v) is 19.2. The molecular formula is C72H54O2. The molecule has 354 valence electrons. The van der Waals surface area contributed by atoms with Gasteiger partial charge in [-0.1, -0.05) is 291 Å². The summed E-state index contributed by atoms with van der Waals surface area (Å²) < 4.78 is 0. The van der Waals surface area contributed by atoms with Crippen LogP contribution >= 0.6 is 0 Å². The molecule has 10 aromatic carbocycles. The summed E-state index contributed by atoms with van der Waals surface area (Å²) in [7, 11) is 0. The molecule has 2 N–H and O–H groups in total. The normalized spacial score (nSPS) is 15.0. The molecule has 2 heteroatoms. The first-order chi connectivity index (χ1) is 36.5. The Morgan fingerprint density at radius 1 is 0.203 bits per heavy atom. The third kappa shape index (κ3) is 8.21. The van der Waals surface area contributed by atoms with Crippen LogP contribution in [0.5, 0.6) is 0 Å². The van der Waals surface area contributed by atoms with Gasteiger partial charge in [-0.3, -0.25) is 0 Å². The molecule has 0 aromatic heterocycles. The molecule has 0 aliphatic heterocycles. The molecule has 74 heavy (non-hydrogen) atoms. The van der Waals surface area contributed by atoms with E-state index >= 15 is 0 Å². The van der Waals surface area contributed by atoms with Gasteiger partial charge >= 0.3 is 0 Å². The van der Waals surface area contributed by atoms with Crippen LogP contribution in [0.4, 0.5) is 0 Å². The number of aryl methyl sites for hydroxylation is 2. The minimum absolute atomic E-state index is 0.788. The van der Waals surface area contributed by atoms with Gasteiger partial charge in [0.2, 0.25) is 0 Å². The summed E-state index contributed by atoms with van der Waals surface area (Å²) in [6, 6.07) is 101. The van der Waals surface area contributed by atoms with Crippen molar-refractivity contribution < 1.29 is 10.2 Å². The Hall–Kier alpha value is -8.92. The van der Waals surface area contributed by atoms with E-state index in [1.165, 1.54) is 11.1 Å². The van der Waals surface area contributed by atoms with Crippen LogP contribution < -0.4 is 0 Å². The first-order valence-electron chi connectivity index (χ1n) is 25.6. The molecule has 0 fully saturated rings. The van der Waals surface area contributed by atoms with E-state index < -0.39 is 11.2 Å². The molecule has 0 saturated carbocycles. The average molecular weight is 951 g/mol. The van der Waals surface area contributed by atoms with E-state index in [-0.39, 0.29) is 0 Å². The third-order valence-corrected chi connectivity index (χ3v) is 14.9. The summed E-state index contributed by atoms with van der Waals surface area (Å²) in [6.45, 7) is 0. The fourth-order valence-corrected chi connectivity index (χ4v) is 11.6. The van der Waals surface area contributed by atoms with Gasteiger partial charge in [-0.15, -0.1) is 0 Å². The predicted octanol–water partition coefficient (Wildman–Crippen LogP) is 16.3. The summed E-state index contributed by atoms with van der Waals surface area (Å²) in [6.07, 6.45) is 1.58. The van der Waals surface area contributed by atoms with Gasteiger partial charge in [0.15, 0.2) is 0 Å². The van der Waals surface area contributed by atoms with E-state index in [1.807, 2.05) is 48.5 Å². The van der Waals surface area contributed by atoms with Gasteiger partial charge < -0.3 is 10.2 Å². The lowest BCUT2D eigenvalue weighted by Crippen LogP contribution is -2.28. The van der Waals surface area contributed by atoms with Crippen molar-refractivity contribution in [1.29, 1.82) is 0 Å². The Balaban J connectivity index is 0.933. The highest BCUT2D eigenvalue weighted by Gasteiger charge is 2.50. The number of hydrogen-bond donors (Lipinski definition) is 2. The largest absolute Gasteiger partial charge is 0.376 e. The minimum atomic E-state index is -1.51. The molecule has 0 amide bonds. The lowest BCUT2D eigenvalue weighted by molar-refractivity contribution is 0.167. The maximum atomic E-state index is 14.0. The van der Waals surface area contributed by atoms with Gasteiger partial charge in [-0.05, 0) is 102 Å².